The first-order valence-corrected chi connectivity index (χ1v) is 7.74. The lowest BCUT2D eigenvalue weighted by atomic mass is 10.2. The molecule has 0 radical (unpaired) electrons. The van der Waals surface area contributed by atoms with E-state index in [1.54, 1.807) is 0 Å². The van der Waals surface area contributed by atoms with Gasteiger partial charge in [-0.15, -0.1) is 0 Å². The fourth-order valence-corrected chi connectivity index (χ4v) is 3.32. The Labute approximate surface area is 111 Å². The highest BCUT2D eigenvalue weighted by atomic mass is 32.2. The molecule has 19 heavy (non-hydrogen) atoms. The van der Waals surface area contributed by atoms with E-state index in [2.05, 4.69) is 10.6 Å². The minimum atomic E-state index is -3.08. The van der Waals surface area contributed by atoms with Gasteiger partial charge < -0.3 is 20.5 Å². The summed E-state index contributed by atoms with van der Waals surface area (Å²) in [5, 5.41) is 13.1. The largest absolute Gasteiger partial charge is 0.394 e. The van der Waals surface area contributed by atoms with Crippen LogP contribution < -0.4 is 10.6 Å². The predicted octanol–water partition coefficient (Wildman–Crippen LogP) is -2.59. The number of ether oxygens (including phenoxy) is 1. The van der Waals surface area contributed by atoms with Gasteiger partial charge in [-0.1, -0.05) is 0 Å². The lowest BCUT2D eigenvalue weighted by Gasteiger charge is -2.10. The maximum Gasteiger partial charge on any atom is 0.309 e. The third-order valence-corrected chi connectivity index (χ3v) is 4.31. The average Bonchev–Trinajstić information content (AvgIpc) is 2.68. The van der Waals surface area contributed by atoms with E-state index in [0.29, 0.717) is 6.42 Å². The molecule has 0 saturated carbocycles. The Hall–Kier alpha value is -1.19. The number of sulfone groups is 1. The van der Waals surface area contributed by atoms with Crippen LogP contribution in [0.2, 0.25) is 0 Å². The Morgan fingerprint density at radius 2 is 2.00 bits per heavy atom. The minimum Gasteiger partial charge on any atom is -0.394 e. The summed E-state index contributed by atoms with van der Waals surface area (Å²) >= 11 is 0. The summed E-state index contributed by atoms with van der Waals surface area (Å²) in [6.07, 6.45) is 0.334. The number of carbonyl (C=O) groups excluding carboxylic acids is 2. The molecule has 0 aromatic rings. The van der Waals surface area contributed by atoms with Gasteiger partial charge in [0.2, 0.25) is 0 Å². The second kappa shape index (κ2) is 7.41. The molecule has 2 amide bonds. The quantitative estimate of drug-likeness (QED) is 0.365. The molecule has 0 aromatic heterocycles. The van der Waals surface area contributed by atoms with Gasteiger partial charge in [0, 0.05) is 12.6 Å². The molecule has 0 aliphatic carbocycles. The SMILES string of the molecule is O=C(NCCOCCO)C(=O)NC1CCS(=O)(=O)C1. The van der Waals surface area contributed by atoms with Gasteiger partial charge in [0.1, 0.15) is 0 Å². The van der Waals surface area contributed by atoms with Gasteiger partial charge in [0.25, 0.3) is 0 Å². The summed E-state index contributed by atoms with van der Waals surface area (Å²) in [6.45, 7) is 0.402. The van der Waals surface area contributed by atoms with E-state index in [4.69, 9.17) is 9.84 Å². The molecule has 0 bridgehead atoms. The first-order chi connectivity index (χ1) is 8.94. The summed E-state index contributed by atoms with van der Waals surface area (Å²) in [4.78, 5) is 22.8. The molecule has 1 fully saturated rings. The molecule has 1 atom stereocenters. The van der Waals surface area contributed by atoms with Crippen molar-refractivity contribution >= 4 is 21.7 Å². The number of aliphatic hydroxyl groups excluding tert-OH is 1. The fourth-order valence-electron chi connectivity index (χ4n) is 1.64. The molecular weight excluding hydrogens is 276 g/mol. The molecule has 1 saturated heterocycles. The van der Waals surface area contributed by atoms with Crippen LogP contribution in [0.15, 0.2) is 0 Å². The fraction of sp³-hybridized carbons (Fsp3) is 0.800. The van der Waals surface area contributed by atoms with Crippen molar-refractivity contribution in [2.45, 2.75) is 12.5 Å². The van der Waals surface area contributed by atoms with Crippen LogP contribution in [0.3, 0.4) is 0 Å². The first-order valence-electron chi connectivity index (χ1n) is 5.92. The number of nitrogens with one attached hydrogen (secondary N) is 2. The molecule has 1 aliphatic rings. The third kappa shape index (κ3) is 5.99. The Bertz CT molecular complexity index is 422. The molecule has 1 heterocycles. The van der Waals surface area contributed by atoms with Crippen LogP contribution in [-0.4, -0.2) is 69.3 Å². The number of aliphatic hydroxyl groups is 1. The average molecular weight is 294 g/mol. The molecule has 0 aromatic carbocycles. The van der Waals surface area contributed by atoms with E-state index in [1.165, 1.54) is 0 Å². The Morgan fingerprint density at radius 1 is 1.26 bits per heavy atom. The number of carbonyl (C=O) groups is 2. The van der Waals surface area contributed by atoms with Gasteiger partial charge in [0.15, 0.2) is 9.84 Å². The number of hydrogen-bond acceptors (Lipinski definition) is 6. The molecule has 3 N–H and O–H groups in total. The number of amides is 2. The van der Waals surface area contributed by atoms with Crippen LogP contribution in [0.25, 0.3) is 0 Å². The van der Waals surface area contributed by atoms with Gasteiger partial charge in [0.05, 0.1) is 31.3 Å². The second-order valence-electron chi connectivity index (χ2n) is 4.17. The van der Waals surface area contributed by atoms with Crippen molar-refractivity contribution in [2.24, 2.45) is 0 Å². The van der Waals surface area contributed by atoms with Crippen molar-refractivity contribution < 1.29 is 27.9 Å². The molecule has 1 aliphatic heterocycles. The summed E-state index contributed by atoms with van der Waals surface area (Å²) in [6, 6.07) is -0.492. The highest BCUT2D eigenvalue weighted by Gasteiger charge is 2.30. The summed E-state index contributed by atoms with van der Waals surface area (Å²) in [5.41, 5.74) is 0. The van der Waals surface area contributed by atoms with E-state index in [-0.39, 0.29) is 37.9 Å². The van der Waals surface area contributed by atoms with Crippen molar-refractivity contribution in [3.63, 3.8) is 0 Å². The van der Waals surface area contributed by atoms with E-state index >= 15 is 0 Å². The van der Waals surface area contributed by atoms with E-state index < -0.39 is 27.7 Å². The lowest BCUT2D eigenvalue weighted by molar-refractivity contribution is -0.139. The van der Waals surface area contributed by atoms with Gasteiger partial charge in [-0.3, -0.25) is 9.59 Å². The summed E-state index contributed by atoms with van der Waals surface area (Å²) in [7, 11) is -3.08. The zero-order chi connectivity index (χ0) is 14.3. The monoisotopic (exact) mass is 294 g/mol. The summed E-state index contributed by atoms with van der Waals surface area (Å²) in [5.74, 6) is -1.75. The van der Waals surface area contributed by atoms with E-state index in [1.807, 2.05) is 0 Å². The maximum atomic E-state index is 11.4. The molecule has 1 unspecified atom stereocenters. The van der Waals surface area contributed by atoms with Crippen molar-refractivity contribution in [1.29, 1.82) is 0 Å². The number of rotatable bonds is 6. The Kier molecular flexibility index (Phi) is 6.19. The highest BCUT2D eigenvalue weighted by molar-refractivity contribution is 7.91. The molecule has 9 heteroatoms. The molecular formula is C10H18N2O6S. The van der Waals surface area contributed by atoms with Crippen molar-refractivity contribution in [3.8, 4) is 0 Å². The zero-order valence-electron chi connectivity index (χ0n) is 10.4. The van der Waals surface area contributed by atoms with Gasteiger partial charge >= 0.3 is 11.8 Å². The number of hydrogen-bond donors (Lipinski definition) is 3. The minimum absolute atomic E-state index is 0.0363. The Balaban J connectivity index is 2.20. The van der Waals surface area contributed by atoms with Crippen LogP contribution in [-0.2, 0) is 24.2 Å². The van der Waals surface area contributed by atoms with Crippen molar-refractivity contribution in [1.82, 2.24) is 10.6 Å². The molecule has 8 nitrogen and oxygen atoms in total. The molecule has 1 rings (SSSR count). The molecule has 0 spiro atoms. The smallest absolute Gasteiger partial charge is 0.309 e. The maximum absolute atomic E-state index is 11.4. The van der Waals surface area contributed by atoms with Crippen LogP contribution >= 0.6 is 0 Å². The topological polar surface area (TPSA) is 122 Å². The standard InChI is InChI=1S/C10H18N2O6S/c13-3-5-18-4-2-11-9(14)10(15)12-8-1-6-19(16,17)7-8/h8,13H,1-7H2,(H,11,14)(H,12,15). The van der Waals surface area contributed by atoms with Crippen LogP contribution in [0.1, 0.15) is 6.42 Å². The van der Waals surface area contributed by atoms with E-state index in [0.717, 1.165) is 0 Å². The van der Waals surface area contributed by atoms with Crippen LogP contribution in [0, 0.1) is 0 Å². The van der Waals surface area contributed by atoms with Gasteiger partial charge in [-0.05, 0) is 6.42 Å². The predicted molar refractivity (Wildman–Crippen MR) is 66.1 cm³/mol. The van der Waals surface area contributed by atoms with Crippen molar-refractivity contribution in [3.05, 3.63) is 0 Å². The van der Waals surface area contributed by atoms with E-state index in [9.17, 15) is 18.0 Å². The summed E-state index contributed by atoms with van der Waals surface area (Å²) < 4.78 is 27.2. The van der Waals surface area contributed by atoms with Gasteiger partial charge in [-0.25, -0.2) is 8.42 Å². The Morgan fingerprint density at radius 3 is 2.58 bits per heavy atom. The first kappa shape index (κ1) is 15.9. The molecule has 110 valence electrons. The third-order valence-electron chi connectivity index (χ3n) is 2.54. The van der Waals surface area contributed by atoms with Crippen LogP contribution in [0.4, 0.5) is 0 Å². The zero-order valence-corrected chi connectivity index (χ0v) is 11.2. The highest BCUT2D eigenvalue weighted by Crippen LogP contribution is 2.10. The second-order valence-corrected chi connectivity index (χ2v) is 6.39. The normalized spacial score (nSPS) is 21.0. The lowest BCUT2D eigenvalue weighted by Crippen LogP contribution is -2.45. The van der Waals surface area contributed by atoms with Crippen molar-refractivity contribution in [2.75, 3.05) is 37.9 Å². The van der Waals surface area contributed by atoms with Gasteiger partial charge in [-0.2, -0.15) is 0 Å². The van der Waals surface area contributed by atoms with Crippen LogP contribution in [0.5, 0.6) is 0 Å².